The minimum atomic E-state index is -0.632. The van der Waals surface area contributed by atoms with Crippen molar-refractivity contribution in [3.63, 3.8) is 0 Å². The van der Waals surface area contributed by atoms with E-state index in [1.807, 2.05) is 16.8 Å². The fourth-order valence-corrected chi connectivity index (χ4v) is 3.25. The van der Waals surface area contributed by atoms with Gasteiger partial charge in [0.05, 0.1) is 12.8 Å². The zero-order chi connectivity index (χ0) is 13.9. The number of amides is 1. The Morgan fingerprint density at radius 3 is 2.95 bits per heavy atom. The van der Waals surface area contributed by atoms with Gasteiger partial charge in [-0.25, -0.2) is 4.98 Å². The molecule has 1 saturated heterocycles. The van der Waals surface area contributed by atoms with Gasteiger partial charge in [0, 0.05) is 26.1 Å². The Morgan fingerprint density at radius 1 is 1.50 bits per heavy atom. The maximum Gasteiger partial charge on any atom is 0.255 e. The summed E-state index contributed by atoms with van der Waals surface area (Å²) in [5, 5.41) is 0.203. The van der Waals surface area contributed by atoms with Crippen LogP contribution >= 0.6 is 11.6 Å². The van der Waals surface area contributed by atoms with Crippen LogP contribution in [-0.4, -0.2) is 47.7 Å². The normalized spacial score (nSPS) is 29.2. The first kappa shape index (κ1) is 12.3. The van der Waals surface area contributed by atoms with Crippen LogP contribution in [-0.2, 0) is 9.53 Å². The van der Waals surface area contributed by atoms with E-state index < -0.39 is 5.54 Å². The first-order chi connectivity index (χ1) is 9.63. The number of rotatable bonds is 1. The number of aromatic nitrogens is 2. The Labute approximate surface area is 121 Å². The SMILES string of the molecule is CN1c2nc(Cl)ncc2N(C2CC2)C(=O)C12CCOC2. The summed E-state index contributed by atoms with van der Waals surface area (Å²) in [6, 6.07) is 0.275. The Kier molecular flexibility index (Phi) is 2.50. The summed E-state index contributed by atoms with van der Waals surface area (Å²) in [4.78, 5) is 25.2. The fraction of sp³-hybridized carbons (Fsp3) is 0.615. The molecule has 1 aliphatic carbocycles. The van der Waals surface area contributed by atoms with Gasteiger partial charge in [-0.15, -0.1) is 0 Å². The van der Waals surface area contributed by atoms with Gasteiger partial charge in [0.25, 0.3) is 5.91 Å². The number of anilines is 2. The van der Waals surface area contributed by atoms with Gasteiger partial charge in [0.2, 0.25) is 5.28 Å². The number of hydrogen-bond donors (Lipinski definition) is 0. The van der Waals surface area contributed by atoms with E-state index in [0.29, 0.717) is 19.6 Å². The van der Waals surface area contributed by atoms with Crippen molar-refractivity contribution in [1.82, 2.24) is 9.97 Å². The van der Waals surface area contributed by atoms with E-state index in [4.69, 9.17) is 16.3 Å². The summed E-state index contributed by atoms with van der Waals surface area (Å²) in [7, 11) is 1.89. The number of ether oxygens (including phenoxy) is 1. The van der Waals surface area contributed by atoms with Crippen molar-refractivity contribution in [2.75, 3.05) is 30.1 Å². The molecule has 6 nitrogen and oxygen atoms in total. The molecule has 1 saturated carbocycles. The average Bonchev–Trinajstić information content (AvgIpc) is 3.14. The van der Waals surface area contributed by atoms with Gasteiger partial charge in [-0.3, -0.25) is 4.79 Å². The van der Waals surface area contributed by atoms with Gasteiger partial charge in [-0.2, -0.15) is 4.98 Å². The summed E-state index contributed by atoms with van der Waals surface area (Å²) >= 11 is 5.93. The predicted octanol–water partition coefficient (Wildman–Crippen LogP) is 1.23. The molecule has 1 atom stereocenters. The molecule has 1 spiro atoms. The van der Waals surface area contributed by atoms with Crippen molar-refractivity contribution in [3.8, 4) is 0 Å². The van der Waals surface area contributed by atoms with Gasteiger partial charge in [0.1, 0.15) is 11.2 Å². The fourth-order valence-electron chi connectivity index (χ4n) is 3.12. The molecule has 3 aliphatic rings. The van der Waals surface area contributed by atoms with Crippen LogP contribution < -0.4 is 9.80 Å². The van der Waals surface area contributed by atoms with Gasteiger partial charge in [0.15, 0.2) is 5.82 Å². The Bertz CT molecular complexity index is 584. The highest BCUT2D eigenvalue weighted by Crippen LogP contribution is 2.46. The minimum Gasteiger partial charge on any atom is -0.378 e. The molecule has 1 amide bonds. The standard InChI is InChI=1S/C13H15ClN4O2/c1-17-10-9(6-15-12(14)16-10)18(8-2-3-8)11(19)13(17)4-5-20-7-13/h6,8H,2-5,7H2,1H3. The Hall–Kier alpha value is -1.40. The van der Waals surface area contributed by atoms with Crippen LogP contribution in [0.4, 0.5) is 11.5 Å². The van der Waals surface area contributed by atoms with Crippen molar-refractivity contribution in [2.45, 2.75) is 30.8 Å². The van der Waals surface area contributed by atoms with Crippen LogP contribution in [0.1, 0.15) is 19.3 Å². The maximum absolute atomic E-state index is 13.0. The third kappa shape index (κ3) is 1.52. The molecule has 1 aromatic heterocycles. The van der Waals surface area contributed by atoms with Gasteiger partial charge < -0.3 is 14.5 Å². The maximum atomic E-state index is 13.0. The third-order valence-electron chi connectivity index (χ3n) is 4.47. The first-order valence-corrected chi connectivity index (χ1v) is 7.19. The molecule has 0 bridgehead atoms. The zero-order valence-electron chi connectivity index (χ0n) is 11.2. The topological polar surface area (TPSA) is 58.6 Å². The molecule has 4 rings (SSSR count). The monoisotopic (exact) mass is 294 g/mol. The predicted molar refractivity (Wildman–Crippen MR) is 74.1 cm³/mol. The Morgan fingerprint density at radius 2 is 2.30 bits per heavy atom. The van der Waals surface area contributed by atoms with E-state index in [0.717, 1.165) is 24.3 Å². The van der Waals surface area contributed by atoms with Crippen LogP contribution in [0.3, 0.4) is 0 Å². The smallest absolute Gasteiger partial charge is 0.255 e. The van der Waals surface area contributed by atoms with Gasteiger partial charge in [-0.1, -0.05) is 0 Å². The van der Waals surface area contributed by atoms with Gasteiger partial charge >= 0.3 is 0 Å². The number of fused-ring (bicyclic) bond motifs is 1. The van der Waals surface area contributed by atoms with E-state index in [1.54, 1.807) is 6.20 Å². The van der Waals surface area contributed by atoms with Gasteiger partial charge in [-0.05, 0) is 24.4 Å². The molecule has 1 unspecified atom stereocenters. The molecule has 0 radical (unpaired) electrons. The highest BCUT2D eigenvalue weighted by Gasteiger charge is 2.55. The molecular formula is C13H15ClN4O2. The van der Waals surface area contributed by atoms with Crippen molar-refractivity contribution >= 4 is 29.0 Å². The number of likely N-dealkylation sites (N-methyl/N-ethyl adjacent to an activating group) is 1. The highest BCUT2D eigenvalue weighted by molar-refractivity contribution is 6.28. The van der Waals surface area contributed by atoms with E-state index >= 15 is 0 Å². The summed E-state index contributed by atoms with van der Waals surface area (Å²) in [6.07, 6.45) is 4.41. The highest BCUT2D eigenvalue weighted by atomic mass is 35.5. The molecule has 1 aromatic rings. The lowest BCUT2D eigenvalue weighted by Crippen LogP contribution is -2.63. The molecule has 0 aromatic carbocycles. The number of carbonyl (C=O) groups is 1. The average molecular weight is 295 g/mol. The second-order valence-electron chi connectivity index (χ2n) is 5.65. The van der Waals surface area contributed by atoms with Crippen LogP contribution in [0.5, 0.6) is 0 Å². The van der Waals surface area contributed by atoms with Crippen molar-refractivity contribution in [1.29, 1.82) is 0 Å². The molecule has 2 aliphatic heterocycles. The van der Waals surface area contributed by atoms with Crippen LogP contribution in [0, 0.1) is 0 Å². The summed E-state index contributed by atoms with van der Waals surface area (Å²) in [5.74, 6) is 0.834. The zero-order valence-corrected chi connectivity index (χ0v) is 11.9. The Balaban J connectivity index is 1.90. The lowest BCUT2D eigenvalue weighted by atomic mass is 9.91. The summed E-state index contributed by atoms with van der Waals surface area (Å²) in [5.41, 5.74) is 0.134. The first-order valence-electron chi connectivity index (χ1n) is 6.81. The second kappa shape index (κ2) is 4.05. The molecule has 2 fully saturated rings. The molecule has 3 heterocycles. The number of carbonyl (C=O) groups excluding carboxylic acids is 1. The van der Waals surface area contributed by atoms with Crippen LogP contribution in [0.25, 0.3) is 0 Å². The third-order valence-corrected chi connectivity index (χ3v) is 4.65. The molecule has 7 heteroatoms. The summed E-state index contributed by atoms with van der Waals surface area (Å²) in [6.45, 7) is 1.01. The van der Waals surface area contributed by atoms with Crippen molar-refractivity contribution in [2.24, 2.45) is 0 Å². The number of hydrogen-bond acceptors (Lipinski definition) is 5. The van der Waals surface area contributed by atoms with E-state index in [9.17, 15) is 4.79 Å². The van der Waals surface area contributed by atoms with E-state index in [1.165, 1.54) is 0 Å². The lowest BCUT2D eigenvalue weighted by Gasteiger charge is -2.46. The summed E-state index contributed by atoms with van der Waals surface area (Å²) < 4.78 is 5.51. The largest absolute Gasteiger partial charge is 0.378 e. The number of halogens is 1. The molecule has 106 valence electrons. The molecule has 20 heavy (non-hydrogen) atoms. The quantitative estimate of drug-likeness (QED) is 0.729. The van der Waals surface area contributed by atoms with Crippen molar-refractivity contribution < 1.29 is 9.53 Å². The van der Waals surface area contributed by atoms with E-state index in [2.05, 4.69) is 9.97 Å². The van der Waals surface area contributed by atoms with Crippen LogP contribution in [0.2, 0.25) is 5.28 Å². The van der Waals surface area contributed by atoms with Crippen molar-refractivity contribution in [3.05, 3.63) is 11.5 Å². The molecule has 0 N–H and O–H groups in total. The number of nitrogens with zero attached hydrogens (tertiary/aromatic N) is 4. The lowest BCUT2D eigenvalue weighted by molar-refractivity contribution is -0.124. The van der Waals surface area contributed by atoms with Crippen LogP contribution in [0.15, 0.2) is 6.20 Å². The second-order valence-corrected chi connectivity index (χ2v) is 5.99. The molecular weight excluding hydrogens is 280 g/mol. The minimum absolute atomic E-state index is 0.110. The van der Waals surface area contributed by atoms with E-state index in [-0.39, 0.29) is 17.2 Å².